The molecule has 0 saturated carbocycles. The largest absolute Gasteiger partial charge is 0.356 e. The molecule has 0 aliphatic rings. The first kappa shape index (κ1) is 23.1. The lowest BCUT2D eigenvalue weighted by molar-refractivity contribution is -0.384. The predicted molar refractivity (Wildman–Crippen MR) is 121 cm³/mol. The van der Waals surface area contributed by atoms with Crippen molar-refractivity contribution in [3.63, 3.8) is 0 Å². The molecule has 0 radical (unpaired) electrons. The van der Waals surface area contributed by atoms with Crippen molar-refractivity contribution >= 4 is 29.1 Å². The number of carbonyl (C=O) groups is 2. The summed E-state index contributed by atoms with van der Waals surface area (Å²) in [6.07, 6.45) is 1.29. The first-order chi connectivity index (χ1) is 15.3. The van der Waals surface area contributed by atoms with Gasteiger partial charge in [0, 0.05) is 43.3 Å². The van der Waals surface area contributed by atoms with Crippen LogP contribution in [0.5, 0.6) is 0 Å². The molecule has 9 nitrogen and oxygen atoms in total. The summed E-state index contributed by atoms with van der Waals surface area (Å²) in [4.78, 5) is 34.2. The molecular weight excluding hydrogens is 430 g/mol. The van der Waals surface area contributed by atoms with Crippen molar-refractivity contribution in [3.05, 3.63) is 75.6 Å². The molecule has 10 heteroatoms. The van der Waals surface area contributed by atoms with Gasteiger partial charge in [-0.05, 0) is 31.0 Å². The second kappa shape index (κ2) is 10.7. The van der Waals surface area contributed by atoms with Gasteiger partial charge in [0.05, 0.1) is 10.7 Å². The second-order valence-corrected chi connectivity index (χ2v) is 8.12. The Labute approximate surface area is 189 Å². The predicted octanol–water partition coefficient (Wildman–Crippen LogP) is 3.53. The summed E-state index contributed by atoms with van der Waals surface area (Å²) in [6.45, 7) is 4.00. The molecule has 0 spiro atoms. The number of aromatic nitrogens is 3. The summed E-state index contributed by atoms with van der Waals surface area (Å²) in [5, 5.41) is 22.9. The number of aryl methyl sites for hydroxylation is 2. The van der Waals surface area contributed by atoms with Crippen LogP contribution in [-0.4, -0.2) is 43.7 Å². The molecule has 1 N–H and O–H groups in total. The SMILES string of the molecule is CC(=O)NCCCc1nnc(SCC(=O)c2cccc([N+](=O)[O-])c2)n1-c1cccc(C)c1. The van der Waals surface area contributed by atoms with E-state index in [0.717, 1.165) is 17.1 Å². The highest BCUT2D eigenvalue weighted by atomic mass is 32.2. The Bertz CT molecular complexity index is 1140. The van der Waals surface area contributed by atoms with Crippen LogP contribution in [0.1, 0.15) is 35.1 Å². The zero-order valence-corrected chi connectivity index (χ0v) is 18.6. The van der Waals surface area contributed by atoms with E-state index in [0.29, 0.717) is 24.5 Å². The van der Waals surface area contributed by atoms with Crippen molar-refractivity contribution in [1.82, 2.24) is 20.1 Å². The maximum absolute atomic E-state index is 12.6. The fourth-order valence-corrected chi connectivity index (χ4v) is 3.96. The van der Waals surface area contributed by atoms with Crippen molar-refractivity contribution in [3.8, 4) is 5.69 Å². The lowest BCUT2D eigenvalue weighted by Gasteiger charge is -2.11. The minimum atomic E-state index is -0.522. The maximum atomic E-state index is 12.6. The standard InChI is InChI=1S/C22H23N5O4S/c1-15-6-3-8-18(12-15)26-21(10-5-11-23-16(2)28)24-25-22(26)32-14-20(29)17-7-4-9-19(13-17)27(30)31/h3-4,6-9,12-13H,5,10-11,14H2,1-2H3,(H,23,28). The summed E-state index contributed by atoms with van der Waals surface area (Å²) in [7, 11) is 0. The zero-order chi connectivity index (χ0) is 23.1. The molecule has 2 aromatic carbocycles. The fourth-order valence-electron chi connectivity index (χ4n) is 3.10. The molecule has 0 atom stereocenters. The summed E-state index contributed by atoms with van der Waals surface area (Å²) in [5.41, 5.74) is 2.12. The van der Waals surface area contributed by atoms with E-state index in [2.05, 4.69) is 15.5 Å². The first-order valence-electron chi connectivity index (χ1n) is 10.0. The van der Waals surface area contributed by atoms with Crippen LogP contribution in [0.4, 0.5) is 5.69 Å². The topological polar surface area (TPSA) is 120 Å². The Kier molecular flexibility index (Phi) is 7.72. The lowest BCUT2D eigenvalue weighted by atomic mass is 10.1. The van der Waals surface area contributed by atoms with Crippen LogP contribution in [0.2, 0.25) is 0 Å². The molecule has 32 heavy (non-hydrogen) atoms. The third kappa shape index (κ3) is 6.01. The number of nitro groups is 1. The summed E-state index contributed by atoms with van der Waals surface area (Å²) < 4.78 is 1.91. The van der Waals surface area contributed by atoms with Crippen molar-refractivity contribution in [2.45, 2.75) is 31.8 Å². The lowest BCUT2D eigenvalue weighted by Crippen LogP contribution is -2.21. The van der Waals surface area contributed by atoms with Crippen molar-refractivity contribution in [1.29, 1.82) is 0 Å². The number of hydrogen-bond acceptors (Lipinski definition) is 7. The van der Waals surface area contributed by atoms with Gasteiger partial charge in [-0.1, -0.05) is 36.0 Å². The number of benzene rings is 2. The molecule has 166 valence electrons. The Morgan fingerprint density at radius 3 is 2.66 bits per heavy atom. The van der Waals surface area contributed by atoms with Crippen LogP contribution >= 0.6 is 11.8 Å². The van der Waals surface area contributed by atoms with Crippen LogP contribution in [0, 0.1) is 17.0 Å². The second-order valence-electron chi connectivity index (χ2n) is 7.18. The Balaban J connectivity index is 1.79. The van der Waals surface area contributed by atoms with E-state index in [4.69, 9.17) is 0 Å². The normalized spacial score (nSPS) is 10.7. The molecule has 0 bridgehead atoms. The third-order valence-corrected chi connectivity index (χ3v) is 5.55. The van der Waals surface area contributed by atoms with Crippen LogP contribution in [-0.2, 0) is 11.2 Å². The van der Waals surface area contributed by atoms with Gasteiger partial charge in [-0.3, -0.25) is 24.3 Å². The molecule has 0 aliphatic heterocycles. The van der Waals surface area contributed by atoms with Crippen LogP contribution in [0.3, 0.4) is 0 Å². The molecule has 0 unspecified atom stereocenters. The molecule has 3 rings (SSSR count). The zero-order valence-electron chi connectivity index (χ0n) is 17.8. The minimum absolute atomic E-state index is 0.0665. The Hall–Kier alpha value is -3.53. The van der Waals surface area contributed by atoms with Crippen LogP contribution in [0.25, 0.3) is 5.69 Å². The highest BCUT2D eigenvalue weighted by molar-refractivity contribution is 7.99. The number of carbonyl (C=O) groups excluding carboxylic acids is 2. The highest BCUT2D eigenvalue weighted by Gasteiger charge is 2.17. The van der Waals surface area contributed by atoms with Gasteiger partial charge in [-0.15, -0.1) is 10.2 Å². The Morgan fingerprint density at radius 2 is 1.94 bits per heavy atom. The number of rotatable bonds is 10. The molecule has 1 heterocycles. The number of thioether (sulfide) groups is 1. The maximum Gasteiger partial charge on any atom is 0.270 e. The number of non-ortho nitro benzene ring substituents is 1. The number of hydrogen-bond donors (Lipinski definition) is 1. The number of ketones is 1. The summed E-state index contributed by atoms with van der Waals surface area (Å²) in [6, 6.07) is 13.6. The molecule has 3 aromatic rings. The van der Waals surface area contributed by atoms with Crippen LogP contribution < -0.4 is 5.32 Å². The van der Waals surface area contributed by atoms with E-state index in [9.17, 15) is 19.7 Å². The van der Waals surface area contributed by atoms with Crippen molar-refractivity contribution in [2.24, 2.45) is 0 Å². The van der Waals surface area contributed by atoms with E-state index in [1.54, 1.807) is 6.07 Å². The van der Waals surface area contributed by atoms with Crippen molar-refractivity contribution in [2.75, 3.05) is 12.3 Å². The molecule has 1 amide bonds. The molecule has 0 saturated heterocycles. The van der Waals surface area contributed by atoms with E-state index < -0.39 is 4.92 Å². The Morgan fingerprint density at radius 1 is 1.16 bits per heavy atom. The van der Waals surface area contributed by atoms with E-state index in [1.165, 1.54) is 36.9 Å². The van der Waals surface area contributed by atoms with Gasteiger partial charge >= 0.3 is 0 Å². The number of nitrogens with one attached hydrogen (secondary N) is 1. The fraction of sp³-hybridized carbons (Fsp3) is 0.273. The number of Topliss-reactive ketones (excluding diaryl/α,β-unsaturated/α-hetero) is 1. The monoisotopic (exact) mass is 453 g/mol. The average molecular weight is 454 g/mol. The van der Waals surface area contributed by atoms with Crippen molar-refractivity contribution < 1.29 is 14.5 Å². The van der Waals surface area contributed by atoms with Gasteiger partial charge in [0.15, 0.2) is 10.9 Å². The molecule has 1 aromatic heterocycles. The molecule has 0 aliphatic carbocycles. The third-order valence-electron chi connectivity index (χ3n) is 4.62. The number of nitrogens with zero attached hydrogens (tertiary/aromatic N) is 4. The van der Waals surface area contributed by atoms with E-state index >= 15 is 0 Å². The van der Waals surface area contributed by atoms with E-state index in [-0.39, 0.29) is 28.7 Å². The van der Waals surface area contributed by atoms with Gasteiger partial charge in [0.1, 0.15) is 5.82 Å². The molecule has 0 fully saturated rings. The van der Waals surface area contributed by atoms with Gasteiger partial charge in [-0.25, -0.2) is 0 Å². The van der Waals surface area contributed by atoms with Crippen LogP contribution in [0.15, 0.2) is 53.7 Å². The quantitative estimate of drug-likeness (QED) is 0.164. The average Bonchev–Trinajstić information content (AvgIpc) is 3.17. The molecular formula is C22H23N5O4S. The van der Waals surface area contributed by atoms with Gasteiger partial charge < -0.3 is 5.32 Å². The van der Waals surface area contributed by atoms with Gasteiger partial charge in [0.25, 0.3) is 5.69 Å². The summed E-state index contributed by atoms with van der Waals surface area (Å²) >= 11 is 1.23. The van der Waals surface area contributed by atoms with Gasteiger partial charge in [-0.2, -0.15) is 0 Å². The highest BCUT2D eigenvalue weighted by Crippen LogP contribution is 2.25. The minimum Gasteiger partial charge on any atom is -0.356 e. The first-order valence-corrected chi connectivity index (χ1v) is 11.0. The summed E-state index contributed by atoms with van der Waals surface area (Å²) in [5.74, 6) is 0.480. The number of nitro benzene ring substituents is 1. The number of amides is 1. The smallest absolute Gasteiger partial charge is 0.270 e. The van der Waals surface area contributed by atoms with Gasteiger partial charge in [0.2, 0.25) is 5.91 Å². The van der Waals surface area contributed by atoms with E-state index in [1.807, 2.05) is 35.8 Å².